The van der Waals surface area contributed by atoms with Crippen LogP contribution in [-0.4, -0.2) is 38.4 Å². The van der Waals surface area contributed by atoms with E-state index in [0.29, 0.717) is 29.1 Å². The molecule has 0 N–H and O–H groups in total. The molecule has 0 saturated heterocycles. The largest absolute Gasteiger partial charge is 0.493 e. The summed E-state index contributed by atoms with van der Waals surface area (Å²) in [7, 11) is 2.72. The third kappa shape index (κ3) is 3.12. The molecule has 4 rings (SSSR count). The quantitative estimate of drug-likeness (QED) is 0.730. The van der Waals surface area contributed by atoms with E-state index < -0.39 is 18.0 Å². The molecule has 1 aliphatic carbocycles. The number of fused-ring (bicyclic) bond motifs is 4. The van der Waals surface area contributed by atoms with Gasteiger partial charge in [-0.25, -0.2) is 9.59 Å². The van der Waals surface area contributed by atoms with E-state index in [1.807, 2.05) is 36.4 Å². The van der Waals surface area contributed by atoms with E-state index >= 15 is 0 Å². The van der Waals surface area contributed by atoms with Gasteiger partial charge in [0.1, 0.15) is 23.7 Å². The Morgan fingerprint density at radius 1 is 0.931 bits per heavy atom. The highest BCUT2D eigenvalue weighted by Gasteiger charge is 2.50. The van der Waals surface area contributed by atoms with Crippen LogP contribution < -0.4 is 0 Å². The smallest absolute Gasteiger partial charge is 0.337 e. The number of hydrogen-bond donors (Lipinski definition) is 0. The number of carbonyl (C=O) groups excluding carboxylic acids is 2. The van der Waals surface area contributed by atoms with Crippen LogP contribution >= 0.6 is 0 Å². The van der Waals surface area contributed by atoms with Crippen molar-refractivity contribution in [2.24, 2.45) is 11.8 Å². The van der Waals surface area contributed by atoms with E-state index in [-0.39, 0.29) is 17.9 Å². The van der Waals surface area contributed by atoms with Crippen molar-refractivity contribution in [3.63, 3.8) is 0 Å². The van der Waals surface area contributed by atoms with Gasteiger partial charge in [0.2, 0.25) is 0 Å². The van der Waals surface area contributed by atoms with Crippen molar-refractivity contribution < 1.29 is 28.5 Å². The molecule has 6 heteroatoms. The third-order valence-electron chi connectivity index (χ3n) is 5.94. The summed E-state index contributed by atoms with van der Waals surface area (Å²) in [4.78, 5) is 25.1. The molecule has 0 radical (unpaired) electrons. The maximum atomic E-state index is 12.5. The summed E-state index contributed by atoms with van der Waals surface area (Å²) >= 11 is 0. The van der Waals surface area contributed by atoms with Gasteiger partial charge in [0.15, 0.2) is 0 Å². The fourth-order valence-corrected chi connectivity index (χ4v) is 4.68. The molecule has 3 aliphatic rings. The summed E-state index contributed by atoms with van der Waals surface area (Å²) < 4.78 is 22.4. The Hall–Kier alpha value is -3.02. The molecule has 0 aromatic heterocycles. The molecule has 2 unspecified atom stereocenters. The Kier molecular flexibility index (Phi) is 4.94. The number of ether oxygens (including phenoxy) is 4. The van der Waals surface area contributed by atoms with Gasteiger partial charge in [-0.15, -0.1) is 0 Å². The van der Waals surface area contributed by atoms with Crippen LogP contribution in [0.25, 0.3) is 5.57 Å². The number of hydrogen-bond acceptors (Lipinski definition) is 6. The van der Waals surface area contributed by atoms with Crippen LogP contribution in [0.2, 0.25) is 0 Å². The average molecular weight is 396 g/mol. The zero-order valence-electron chi connectivity index (χ0n) is 16.9. The molecule has 2 bridgehead atoms. The van der Waals surface area contributed by atoms with Gasteiger partial charge in [-0.1, -0.05) is 36.4 Å². The fourth-order valence-electron chi connectivity index (χ4n) is 4.68. The number of esters is 2. The molecule has 4 atom stereocenters. The lowest BCUT2D eigenvalue weighted by molar-refractivity contribution is -0.138. The summed E-state index contributed by atoms with van der Waals surface area (Å²) in [6, 6.07) is 9.92. The Morgan fingerprint density at radius 3 is 2.21 bits per heavy atom. The van der Waals surface area contributed by atoms with Crippen molar-refractivity contribution in [3.8, 4) is 0 Å². The molecule has 1 aromatic rings. The topological polar surface area (TPSA) is 71.1 Å². The lowest BCUT2D eigenvalue weighted by Gasteiger charge is -2.34. The van der Waals surface area contributed by atoms with Crippen LogP contribution in [0.15, 0.2) is 59.1 Å². The summed E-state index contributed by atoms with van der Waals surface area (Å²) in [6.45, 7) is 3.55. The van der Waals surface area contributed by atoms with Crippen LogP contribution in [-0.2, 0) is 28.5 Å². The van der Waals surface area contributed by atoms with Crippen molar-refractivity contribution in [1.82, 2.24) is 0 Å². The van der Waals surface area contributed by atoms with Gasteiger partial charge in [-0.05, 0) is 31.4 Å². The van der Waals surface area contributed by atoms with Gasteiger partial charge in [-0.2, -0.15) is 0 Å². The molecular formula is C23H24O6. The van der Waals surface area contributed by atoms with Crippen LogP contribution in [0.1, 0.15) is 25.8 Å². The molecular weight excluding hydrogens is 372 g/mol. The van der Waals surface area contributed by atoms with E-state index in [0.717, 1.165) is 11.1 Å². The normalized spacial score (nSPS) is 27.9. The Labute approximate surface area is 169 Å². The summed E-state index contributed by atoms with van der Waals surface area (Å²) in [5.74, 6) is -0.393. The zero-order chi connectivity index (χ0) is 20.7. The molecule has 0 saturated carbocycles. The van der Waals surface area contributed by atoms with Gasteiger partial charge in [0.25, 0.3) is 0 Å². The second-order valence-electron chi connectivity index (χ2n) is 7.47. The van der Waals surface area contributed by atoms with E-state index in [9.17, 15) is 9.59 Å². The molecule has 1 aromatic carbocycles. The van der Waals surface area contributed by atoms with Crippen molar-refractivity contribution in [3.05, 3.63) is 64.6 Å². The van der Waals surface area contributed by atoms with Gasteiger partial charge < -0.3 is 18.9 Å². The number of rotatable bonds is 3. The molecule has 2 heterocycles. The standard InChI is InChI=1S/C23H24O6/c1-12-19(22(24)26-3)17-11-18(28-12)15(14-8-6-5-7-9-14)10-16-20(23(25)27-4)13(2)29-21(16)17/h5-10,16-18,21H,11H2,1-4H3/t16?,17-,18-,21?/m1/s1. The van der Waals surface area contributed by atoms with Gasteiger partial charge >= 0.3 is 11.9 Å². The number of allylic oxidation sites excluding steroid dienone is 2. The van der Waals surface area contributed by atoms with Crippen LogP contribution in [0.5, 0.6) is 0 Å². The lowest BCUT2D eigenvalue weighted by atomic mass is 9.80. The zero-order valence-corrected chi connectivity index (χ0v) is 16.9. The first-order valence-electron chi connectivity index (χ1n) is 9.64. The van der Waals surface area contributed by atoms with E-state index in [1.165, 1.54) is 14.2 Å². The van der Waals surface area contributed by atoms with Crippen LogP contribution in [0.3, 0.4) is 0 Å². The first kappa shape index (κ1) is 19.3. The lowest BCUT2D eigenvalue weighted by Crippen LogP contribution is -2.37. The minimum absolute atomic E-state index is 0.246. The number of carbonyl (C=O) groups is 2. The Morgan fingerprint density at radius 2 is 1.55 bits per heavy atom. The van der Waals surface area contributed by atoms with Crippen molar-refractivity contribution in [1.29, 1.82) is 0 Å². The maximum Gasteiger partial charge on any atom is 0.337 e. The molecule has 0 amide bonds. The van der Waals surface area contributed by atoms with Gasteiger partial charge in [0.05, 0.1) is 31.3 Å². The van der Waals surface area contributed by atoms with Crippen molar-refractivity contribution >= 4 is 17.5 Å². The van der Waals surface area contributed by atoms with Crippen LogP contribution in [0.4, 0.5) is 0 Å². The molecule has 152 valence electrons. The molecule has 0 spiro atoms. The fraction of sp³-hybridized carbons (Fsp3) is 0.391. The van der Waals surface area contributed by atoms with Crippen molar-refractivity contribution in [2.45, 2.75) is 32.5 Å². The summed E-state index contributed by atoms with van der Waals surface area (Å²) in [5.41, 5.74) is 2.95. The highest BCUT2D eigenvalue weighted by atomic mass is 16.5. The minimum Gasteiger partial charge on any atom is -0.493 e. The number of methoxy groups -OCH3 is 2. The third-order valence-corrected chi connectivity index (χ3v) is 5.94. The molecule has 0 fully saturated rings. The highest BCUT2D eigenvalue weighted by molar-refractivity contribution is 5.93. The second kappa shape index (κ2) is 7.43. The maximum absolute atomic E-state index is 12.5. The SMILES string of the molecule is COC(=O)C1=C(C)OC2C1C=C(c1ccccc1)[C@H]1C[C@@H]2C(C(=O)OC)=C(C)O1. The van der Waals surface area contributed by atoms with Gasteiger partial charge in [0, 0.05) is 5.92 Å². The van der Waals surface area contributed by atoms with Crippen molar-refractivity contribution in [2.75, 3.05) is 14.2 Å². The van der Waals surface area contributed by atoms with Crippen LogP contribution in [0, 0.1) is 11.8 Å². The predicted octanol–water partition coefficient (Wildman–Crippen LogP) is 3.40. The van der Waals surface area contributed by atoms with E-state index in [1.54, 1.807) is 13.8 Å². The molecule has 2 aliphatic heterocycles. The summed E-state index contributed by atoms with van der Waals surface area (Å²) in [5, 5.41) is 0. The van der Waals surface area contributed by atoms with E-state index in [4.69, 9.17) is 18.9 Å². The highest BCUT2D eigenvalue weighted by Crippen LogP contribution is 2.49. The Bertz CT molecular complexity index is 939. The minimum atomic E-state index is -0.430. The molecule has 29 heavy (non-hydrogen) atoms. The average Bonchev–Trinajstić information content (AvgIpc) is 3.00. The van der Waals surface area contributed by atoms with Gasteiger partial charge in [-0.3, -0.25) is 0 Å². The number of benzene rings is 1. The molecule has 6 nitrogen and oxygen atoms in total. The monoisotopic (exact) mass is 396 g/mol. The Balaban J connectivity index is 1.89. The predicted molar refractivity (Wildman–Crippen MR) is 105 cm³/mol. The first-order valence-corrected chi connectivity index (χ1v) is 9.64. The summed E-state index contributed by atoms with van der Waals surface area (Å²) in [6.07, 6.45) is 1.96. The van der Waals surface area contributed by atoms with E-state index in [2.05, 4.69) is 0 Å². The second-order valence-corrected chi connectivity index (χ2v) is 7.47. The first-order chi connectivity index (χ1) is 14.0.